The van der Waals surface area contributed by atoms with Crippen molar-refractivity contribution in [1.29, 1.82) is 0 Å². The van der Waals surface area contributed by atoms with Crippen molar-refractivity contribution in [3.63, 3.8) is 0 Å². The van der Waals surface area contributed by atoms with Gasteiger partial charge in [0.1, 0.15) is 5.75 Å². The van der Waals surface area contributed by atoms with Crippen LogP contribution in [0.1, 0.15) is 12.5 Å². The smallest absolute Gasteiger partial charge is 0.236 e. The van der Waals surface area contributed by atoms with Gasteiger partial charge in [-0.05, 0) is 24.2 Å². The van der Waals surface area contributed by atoms with Crippen LogP contribution in [0.5, 0.6) is 5.75 Å². The van der Waals surface area contributed by atoms with Crippen LogP contribution in [0.3, 0.4) is 0 Å². The number of piperazine rings is 1. The molecule has 1 aliphatic rings. The summed E-state index contributed by atoms with van der Waals surface area (Å²) in [6, 6.07) is 7.86. The van der Waals surface area contributed by atoms with E-state index in [2.05, 4.69) is 16.7 Å². The predicted molar refractivity (Wildman–Crippen MR) is 88.0 cm³/mol. The molecule has 0 N–H and O–H groups in total. The van der Waals surface area contributed by atoms with Gasteiger partial charge in [0.2, 0.25) is 5.91 Å². The van der Waals surface area contributed by atoms with E-state index in [0.29, 0.717) is 13.1 Å². The number of carbonyl (C=O) groups is 1. The molecule has 22 heavy (non-hydrogen) atoms. The molecule has 1 aliphatic heterocycles. The van der Waals surface area contributed by atoms with E-state index in [0.717, 1.165) is 44.0 Å². The summed E-state index contributed by atoms with van der Waals surface area (Å²) in [5.74, 6) is 1.02. The normalized spacial score (nSPS) is 16.5. The van der Waals surface area contributed by atoms with E-state index in [-0.39, 0.29) is 5.91 Å². The lowest BCUT2D eigenvalue weighted by Crippen LogP contribution is -2.49. The van der Waals surface area contributed by atoms with E-state index in [4.69, 9.17) is 4.74 Å². The number of amides is 1. The van der Waals surface area contributed by atoms with Gasteiger partial charge >= 0.3 is 0 Å². The molecule has 5 nitrogen and oxygen atoms in total. The van der Waals surface area contributed by atoms with Crippen LogP contribution in [0.25, 0.3) is 0 Å². The lowest BCUT2D eigenvalue weighted by Gasteiger charge is -2.34. The van der Waals surface area contributed by atoms with Crippen molar-refractivity contribution in [3.8, 4) is 5.75 Å². The Hall–Kier alpha value is -1.59. The highest BCUT2D eigenvalue weighted by Crippen LogP contribution is 2.12. The standard InChI is InChI=1S/C17H27N3O2/c1-4-19-9-11-20(12-10-19)14-17(21)18(2)13-15-5-7-16(22-3)8-6-15/h5-8H,4,9-14H2,1-3H3. The monoisotopic (exact) mass is 305 g/mol. The van der Waals surface area contributed by atoms with Crippen LogP contribution in [-0.4, -0.2) is 74.0 Å². The van der Waals surface area contributed by atoms with Crippen molar-refractivity contribution in [2.45, 2.75) is 13.5 Å². The molecule has 0 aliphatic carbocycles. The zero-order valence-corrected chi connectivity index (χ0v) is 13.9. The highest BCUT2D eigenvalue weighted by atomic mass is 16.5. The van der Waals surface area contributed by atoms with Crippen molar-refractivity contribution in [2.75, 3.05) is 53.4 Å². The summed E-state index contributed by atoms with van der Waals surface area (Å²) in [6.07, 6.45) is 0. The fraction of sp³-hybridized carbons (Fsp3) is 0.588. The van der Waals surface area contributed by atoms with Crippen LogP contribution < -0.4 is 4.74 Å². The lowest BCUT2D eigenvalue weighted by molar-refractivity contribution is -0.132. The number of hydrogen-bond acceptors (Lipinski definition) is 4. The third kappa shape index (κ3) is 4.71. The van der Waals surface area contributed by atoms with Gasteiger partial charge in [0.25, 0.3) is 0 Å². The van der Waals surface area contributed by atoms with Crippen molar-refractivity contribution in [3.05, 3.63) is 29.8 Å². The summed E-state index contributed by atoms with van der Waals surface area (Å²) in [6.45, 7) is 8.52. The third-order valence-electron chi connectivity index (χ3n) is 4.28. The molecular formula is C17H27N3O2. The minimum atomic E-state index is 0.181. The number of rotatable bonds is 6. The van der Waals surface area contributed by atoms with Crippen molar-refractivity contribution >= 4 is 5.91 Å². The second-order valence-electron chi connectivity index (χ2n) is 5.81. The highest BCUT2D eigenvalue weighted by Gasteiger charge is 2.19. The van der Waals surface area contributed by atoms with Crippen LogP contribution in [0.4, 0.5) is 0 Å². The Morgan fingerprint density at radius 1 is 1.14 bits per heavy atom. The quantitative estimate of drug-likeness (QED) is 0.793. The molecule has 1 saturated heterocycles. The van der Waals surface area contributed by atoms with E-state index in [9.17, 15) is 4.79 Å². The number of methoxy groups -OCH3 is 1. The first-order valence-electron chi connectivity index (χ1n) is 7.94. The number of nitrogens with zero attached hydrogens (tertiary/aromatic N) is 3. The second kappa shape index (κ2) is 8.15. The molecule has 1 amide bonds. The van der Waals surface area contributed by atoms with E-state index in [1.165, 1.54) is 0 Å². The van der Waals surface area contributed by atoms with Crippen molar-refractivity contribution in [1.82, 2.24) is 14.7 Å². The van der Waals surface area contributed by atoms with Crippen molar-refractivity contribution in [2.24, 2.45) is 0 Å². The van der Waals surface area contributed by atoms with Crippen molar-refractivity contribution < 1.29 is 9.53 Å². The summed E-state index contributed by atoms with van der Waals surface area (Å²) >= 11 is 0. The van der Waals surface area contributed by atoms with Gasteiger partial charge in [0.15, 0.2) is 0 Å². The molecule has 5 heteroatoms. The van der Waals surface area contributed by atoms with Crippen LogP contribution in [0.15, 0.2) is 24.3 Å². The van der Waals surface area contributed by atoms with Crippen LogP contribution in [-0.2, 0) is 11.3 Å². The number of ether oxygens (including phenoxy) is 1. The molecule has 1 heterocycles. The van der Waals surface area contributed by atoms with E-state index >= 15 is 0 Å². The minimum Gasteiger partial charge on any atom is -0.497 e. The Morgan fingerprint density at radius 3 is 2.27 bits per heavy atom. The van der Waals surface area contributed by atoms with Gasteiger partial charge in [-0.1, -0.05) is 19.1 Å². The Morgan fingerprint density at radius 2 is 1.73 bits per heavy atom. The second-order valence-corrected chi connectivity index (χ2v) is 5.81. The minimum absolute atomic E-state index is 0.181. The first-order chi connectivity index (χ1) is 10.6. The SMILES string of the molecule is CCN1CCN(CC(=O)N(C)Cc2ccc(OC)cc2)CC1. The molecule has 0 saturated carbocycles. The Bertz CT molecular complexity index is 467. The zero-order chi connectivity index (χ0) is 15.9. The molecule has 1 fully saturated rings. The molecule has 2 rings (SSSR count). The molecule has 0 atom stereocenters. The van der Waals surface area contributed by atoms with Gasteiger partial charge in [0.05, 0.1) is 13.7 Å². The number of carbonyl (C=O) groups excluding carboxylic acids is 1. The summed E-state index contributed by atoms with van der Waals surface area (Å²) < 4.78 is 5.15. The lowest BCUT2D eigenvalue weighted by atomic mass is 10.2. The maximum atomic E-state index is 12.3. The molecule has 0 aromatic heterocycles. The maximum absolute atomic E-state index is 12.3. The molecule has 0 radical (unpaired) electrons. The zero-order valence-electron chi connectivity index (χ0n) is 13.9. The Labute approximate surface area is 133 Å². The molecule has 0 spiro atoms. The summed E-state index contributed by atoms with van der Waals surface area (Å²) in [7, 11) is 3.53. The average molecular weight is 305 g/mol. The van der Waals surface area contributed by atoms with Crippen LogP contribution >= 0.6 is 0 Å². The maximum Gasteiger partial charge on any atom is 0.236 e. The molecule has 0 bridgehead atoms. The number of benzene rings is 1. The number of hydrogen-bond donors (Lipinski definition) is 0. The van der Waals surface area contributed by atoms with Crippen LogP contribution in [0.2, 0.25) is 0 Å². The van der Waals surface area contributed by atoms with Gasteiger partial charge in [-0.15, -0.1) is 0 Å². The predicted octanol–water partition coefficient (Wildman–Crippen LogP) is 1.29. The third-order valence-corrected chi connectivity index (χ3v) is 4.28. The average Bonchev–Trinajstić information content (AvgIpc) is 2.56. The fourth-order valence-electron chi connectivity index (χ4n) is 2.67. The van der Waals surface area contributed by atoms with E-state index in [1.54, 1.807) is 12.0 Å². The van der Waals surface area contributed by atoms with Crippen LogP contribution in [0, 0.1) is 0 Å². The van der Waals surface area contributed by atoms with Gasteiger partial charge in [0, 0.05) is 39.8 Å². The largest absolute Gasteiger partial charge is 0.497 e. The molecular weight excluding hydrogens is 278 g/mol. The van der Waals surface area contributed by atoms with Gasteiger partial charge in [-0.3, -0.25) is 9.69 Å². The molecule has 1 aromatic rings. The molecule has 1 aromatic carbocycles. The molecule has 122 valence electrons. The topological polar surface area (TPSA) is 36.0 Å². The number of likely N-dealkylation sites (N-methyl/N-ethyl adjacent to an activating group) is 2. The fourth-order valence-corrected chi connectivity index (χ4v) is 2.67. The van der Waals surface area contributed by atoms with Gasteiger partial charge in [-0.25, -0.2) is 0 Å². The van der Waals surface area contributed by atoms with E-state index in [1.807, 2.05) is 31.3 Å². The summed E-state index contributed by atoms with van der Waals surface area (Å²) in [4.78, 5) is 18.8. The Kier molecular flexibility index (Phi) is 6.21. The van der Waals surface area contributed by atoms with E-state index < -0.39 is 0 Å². The highest BCUT2D eigenvalue weighted by molar-refractivity contribution is 5.78. The summed E-state index contributed by atoms with van der Waals surface area (Å²) in [5, 5.41) is 0. The van der Waals surface area contributed by atoms with Gasteiger partial charge in [-0.2, -0.15) is 0 Å². The van der Waals surface area contributed by atoms with Gasteiger partial charge < -0.3 is 14.5 Å². The molecule has 0 unspecified atom stereocenters. The first-order valence-corrected chi connectivity index (χ1v) is 7.94. The summed E-state index contributed by atoms with van der Waals surface area (Å²) in [5.41, 5.74) is 1.12. The first kappa shape index (κ1) is 16.8. The Balaban J connectivity index is 1.79.